The second-order valence-corrected chi connectivity index (χ2v) is 5.93. The molecule has 0 spiro atoms. The second kappa shape index (κ2) is 10.2. The van der Waals surface area contributed by atoms with Gasteiger partial charge in [0.2, 0.25) is 6.04 Å². The highest BCUT2D eigenvalue weighted by atomic mass is 16.6. The maximum atomic E-state index is 11.0. The first-order valence-electron chi connectivity index (χ1n) is 8.31. The standard InChI is InChI=1S/C13H17NO4.C7H8/c1-3-10-4-5-11(9(2)8-10)12(14(17)18)6-7-13(15)16;1-7-5-3-2-4-6-7/h4-5,8,12H,3,6-7H2,1-2H3,(H,15,16);2-6H,1H3. The van der Waals surface area contributed by atoms with E-state index in [9.17, 15) is 14.9 Å². The third kappa shape index (κ3) is 7.16. The SMILES string of the molecule is CCc1ccc(C(CCC(=O)O)[N+](=O)[O-])c(C)c1.Cc1ccccc1. The molecule has 2 aromatic rings. The van der Waals surface area contributed by atoms with Gasteiger partial charge in [-0.2, -0.15) is 0 Å². The summed E-state index contributed by atoms with van der Waals surface area (Å²) in [5.41, 5.74) is 3.90. The zero-order chi connectivity index (χ0) is 18.8. The third-order valence-corrected chi connectivity index (χ3v) is 3.93. The molecule has 0 aliphatic carbocycles. The van der Waals surface area contributed by atoms with Gasteiger partial charge >= 0.3 is 5.97 Å². The second-order valence-electron chi connectivity index (χ2n) is 5.93. The monoisotopic (exact) mass is 343 g/mol. The molecule has 0 aliphatic rings. The van der Waals surface area contributed by atoms with Crippen molar-refractivity contribution >= 4 is 5.97 Å². The van der Waals surface area contributed by atoms with Crippen molar-refractivity contribution in [3.63, 3.8) is 0 Å². The Bertz CT molecular complexity index is 698. The van der Waals surface area contributed by atoms with Gasteiger partial charge in [-0.3, -0.25) is 14.9 Å². The Labute approximate surface area is 148 Å². The summed E-state index contributed by atoms with van der Waals surface area (Å²) >= 11 is 0. The number of aryl methyl sites for hydroxylation is 3. The van der Waals surface area contributed by atoms with Crippen LogP contribution in [-0.4, -0.2) is 16.0 Å². The zero-order valence-corrected chi connectivity index (χ0v) is 14.9. The summed E-state index contributed by atoms with van der Waals surface area (Å²) < 4.78 is 0. The van der Waals surface area contributed by atoms with Gasteiger partial charge < -0.3 is 5.11 Å². The van der Waals surface area contributed by atoms with Gasteiger partial charge in [-0.1, -0.05) is 61.0 Å². The van der Waals surface area contributed by atoms with E-state index in [2.05, 4.69) is 19.1 Å². The number of benzene rings is 2. The number of carboxylic acid groups (broad SMARTS) is 1. The molecule has 0 saturated heterocycles. The summed E-state index contributed by atoms with van der Waals surface area (Å²) in [6.07, 6.45) is 0.703. The van der Waals surface area contributed by atoms with Crippen LogP contribution in [0.5, 0.6) is 0 Å². The zero-order valence-electron chi connectivity index (χ0n) is 14.9. The minimum atomic E-state index is -1.01. The fourth-order valence-electron chi connectivity index (χ4n) is 2.50. The van der Waals surface area contributed by atoms with E-state index in [4.69, 9.17) is 5.11 Å². The fourth-order valence-corrected chi connectivity index (χ4v) is 2.50. The third-order valence-electron chi connectivity index (χ3n) is 3.93. The van der Waals surface area contributed by atoms with Crippen LogP contribution in [0.4, 0.5) is 0 Å². The van der Waals surface area contributed by atoms with Crippen molar-refractivity contribution in [3.05, 3.63) is 80.9 Å². The summed E-state index contributed by atoms with van der Waals surface area (Å²) in [4.78, 5) is 21.1. The maximum absolute atomic E-state index is 11.0. The van der Waals surface area contributed by atoms with Gasteiger partial charge in [-0.15, -0.1) is 0 Å². The van der Waals surface area contributed by atoms with Crippen molar-refractivity contribution in [1.82, 2.24) is 0 Å². The summed E-state index contributed by atoms with van der Waals surface area (Å²) in [5.74, 6) is -1.01. The number of nitrogens with zero attached hydrogens (tertiary/aromatic N) is 1. The Morgan fingerprint density at radius 1 is 1.16 bits per heavy atom. The van der Waals surface area contributed by atoms with Crippen LogP contribution in [0, 0.1) is 24.0 Å². The molecule has 1 N–H and O–H groups in total. The van der Waals surface area contributed by atoms with E-state index >= 15 is 0 Å². The van der Waals surface area contributed by atoms with Gasteiger partial charge in [0.25, 0.3) is 0 Å². The number of carbonyl (C=O) groups is 1. The molecule has 1 unspecified atom stereocenters. The van der Waals surface area contributed by atoms with Crippen molar-refractivity contribution in [2.45, 2.75) is 46.1 Å². The number of carboxylic acids is 1. The van der Waals surface area contributed by atoms with Gasteiger partial charge in [-0.25, -0.2) is 0 Å². The lowest BCUT2D eigenvalue weighted by Gasteiger charge is -2.12. The summed E-state index contributed by atoms with van der Waals surface area (Å²) in [7, 11) is 0. The summed E-state index contributed by atoms with van der Waals surface area (Å²) in [5, 5.41) is 19.7. The average molecular weight is 343 g/mol. The summed E-state index contributed by atoms with van der Waals surface area (Å²) in [6.45, 7) is 5.93. The lowest BCUT2D eigenvalue weighted by Crippen LogP contribution is -2.14. The van der Waals surface area contributed by atoms with Crippen LogP contribution in [0.25, 0.3) is 0 Å². The number of nitro groups is 1. The molecule has 0 aliphatic heterocycles. The van der Waals surface area contributed by atoms with E-state index in [1.54, 1.807) is 6.07 Å². The van der Waals surface area contributed by atoms with Crippen LogP contribution in [-0.2, 0) is 11.2 Å². The van der Waals surface area contributed by atoms with E-state index in [-0.39, 0.29) is 12.8 Å². The maximum Gasteiger partial charge on any atom is 0.303 e. The van der Waals surface area contributed by atoms with Crippen molar-refractivity contribution in [2.24, 2.45) is 0 Å². The first kappa shape index (κ1) is 20.4. The van der Waals surface area contributed by atoms with Gasteiger partial charge in [0, 0.05) is 16.9 Å². The molecule has 0 bridgehead atoms. The number of hydrogen-bond donors (Lipinski definition) is 1. The highest BCUT2D eigenvalue weighted by molar-refractivity contribution is 5.66. The smallest absolute Gasteiger partial charge is 0.303 e. The van der Waals surface area contributed by atoms with Gasteiger partial charge in [0.05, 0.1) is 6.42 Å². The molecule has 2 rings (SSSR count). The Kier molecular flexibility index (Phi) is 8.33. The Morgan fingerprint density at radius 2 is 1.80 bits per heavy atom. The molecule has 0 amide bonds. The molecular formula is C20H25NO4. The Morgan fingerprint density at radius 3 is 2.20 bits per heavy atom. The summed E-state index contributed by atoms with van der Waals surface area (Å²) in [6, 6.07) is 14.8. The van der Waals surface area contributed by atoms with Gasteiger partial charge in [0.1, 0.15) is 0 Å². The molecule has 25 heavy (non-hydrogen) atoms. The first-order chi connectivity index (χ1) is 11.8. The molecule has 0 radical (unpaired) electrons. The number of rotatable bonds is 6. The normalized spacial score (nSPS) is 11.2. The van der Waals surface area contributed by atoms with Crippen molar-refractivity contribution in [2.75, 3.05) is 0 Å². The number of hydrogen-bond acceptors (Lipinski definition) is 3. The van der Waals surface area contributed by atoms with Crippen LogP contribution in [0.1, 0.15) is 48.1 Å². The van der Waals surface area contributed by atoms with E-state index in [1.165, 1.54) is 5.56 Å². The van der Waals surface area contributed by atoms with Crippen molar-refractivity contribution in [3.8, 4) is 0 Å². The molecule has 0 heterocycles. The van der Waals surface area contributed by atoms with Crippen LogP contribution in [0.15, 0.2) is 48.5 Å². The fraction of sp³-hybridized carbons (Fsp3) is 0.350. The quantitative estimate of drug-likeness (QED) is 0.607. The van der Waals surface area contributed by atoms with Crippen molar-refractivity contribution in [1.29, 1.82) is 0 Å². The average Bonchev–Trinajstić information content (AvgIpc) is 2.57. The van der Waals surface area contributed by atoms with Crippen LogP contribution in [0.2, 0.25) is 0 Å². The lowest BCUT2D eigenvalue weighted by atomic mass is 9.95. The van der Waals surface area contributed by atoms with E-state index in [1.807, 2.05) is 44.2 Å². The highest BCUT2D eigenvalue weighted by Crippen LogP contribution is 2.26. The van der Waals surface area contributed by atoms with E-state index in [0.29, 0.717) is 5.56 Å². The molecule has 2 aromatic carbocycles. The number of aliphatic carboxylic acids is 1. The Hall–Kier alpha value is -2.69. The predicted octanol–water partition coefficient (Wildman–Crippen LogP) is 4.74. The lowest BCUT2D eigenvalue weighted by molar-refractivity contribution is -0.530. The minimum absolute atomic E-state index is 0.0225. The van der Waals surface area contributed by atoms with Crippen molar-refractivity contribution < 1.29 is 14.8 Å². The molecule has 1 atom stereocenters. The predicted molar refractivity (Wildman–Crippen MR) is 98.3 cm³/mol. The molecule has 0 saturated carbocycles. The Balaban J connectivity index is 0.000000370. The van der Waals surface area contributed by atoms with Gasteiger partial charge in [0.15, 0.2) is 0 Å². The van der Waals surface area contributed by atoms with Gasteiger partial charge in [-0.05, 0) is 31.4 Å². The molecule has 0 fully saturated rings. The van der Waals surface area contributed by atoms with E-state index in [0.717, 1.165) is 17.5 Å². The molecule has 5 heteroatoms. The minimum Gasteiger partial charge on any atom is -0.481 e. The van der Waals surface area contributed by atoms with E-state index < -0.39 is 16.9 Å². The van der Waals surface area contributed by atoms with Crippen LogP contribution >= 0.6 is 0 Å². The van der Waals surface area contributed by atoms with Crippen LogP contribution in [0.3, 0.4) is 0 Å². The molecule has 0 aromatic heterocycles. The molecule has 134 valence electrons. The van der Waals surface area contributed by atoms with Crippen LogP contribution < -0.4 is 0 Å². The topological polar surface area (TPSA) is 80.4 Å². The highest BCUT2D eigenvalue weighted by Gasteiger charge is 2.25. The first-order valence-corrected chi connectivity index (χ1v) is 8.31. The molecule has 5 nitrogen and oxygen atoms in total. The molecular weight excluding hydrogens is 318 g/mol. The largest absolute Gasteiger partial charge is 0.481 e.